The van der Waals surface area contributed by atoms with Crippen molar-refractivity contribution in [3.63, 3.8) is 0 Å². The Labute approximate surface area is 220 Å². The molecule has 0 bridgehead atoms. The van der Waals surface area contributed by atoms with Crippen LogP contribution in [0.15, 0.2) is 30.5 Å². The molecule has 3 aromatic rings. The molecule has 0 amide bonds. The molecule has 3 heterocycles. The Morgan fingerprint density at radius 2 is 2.03 bits per heavy atom. The van der Waals surface area contributed by atoms with Crippen LogP contribution in [0.5, 0.6) is 0 Å². The average molecular weight is 516 g/mol. The van der Waals surface area contributed by atoms with Crippen molar-refractivity contribution in [3.8, 4) is 17.3 Å². The minimum atomic E-state index is -1.92. The highest BCUT2D eigenvalue weighted by molar-refractivity contribution is 6.74. The maximum Gasteiger partial charge on any atom is 0.228 e. The van der Waals surface area contributed by atoms with Crippen molar-refractivity contribution >= 4 is 25.8 Å². The molecule has 1 saturated carbocycles. The van der Waals surface area contributed by atoms with Crippen LogP contribution in [0.2, 0.25) is 18.1 Å². The van der Waals surface area contributed by atoms with Gasteiger partial charge in [0.1, 0.15) is 6.07 Å². The van der Waals surface area contributed by atoms with E-state index in [-0.39, 0.29) is 10.5 Å². The van der Waals surface area contributed by atoms with Crippen molar-refractivity contribution < 1.29 is 4.43 Å². The van der Waals surface area contributed by atoms with E-state index < -0.39 is 8.32 Å². The van der Waals surface area contributed by atoms with Gasteiger partial charge in [0.2, 0.25) is 5.95 Å². The molecule has 1 unspecified atom stereocenters. The third kappa shape index (κ3) is 4.88. The van der Waals surface area contributed by atoms with Gasteiger partial charge in [0.25, 0.3) is 0 Å². The van der Waals surface area contributed by atoms with Gasteiger partial charge < -0.3 is 15.1 Å². The summed E-state index contributed by atoms with van der Waals surface area (Å²) < 4.78 is 8.58. The standard InChI is InChI=1S/C28H37N7OSi/c1-27(2,3)37(6,7)36-17-28(4)16-31-25-20(15-29)12-19(13-21(25)28)22-10-11-30-26(32-22)33-24-14-23(18-8-9-18)35(5)34-24/h10-14,18,31H,8-9,16-17H2,1-7H3,(H,30,32,33,34). The van der Waals surface area contributed by atoms with Crippen LogP contribution in [-0.2, 0) is 16.9 Å². The summed E-state index contributed by atoms with van der Waals surface area (Å²) in [4.78, 5) is 9.20. The molecule has 5 rings (SSSR count). The number of nitriles is 1. The molecule has 2 N–H and O–H groups in total. The molecular formula is C28H37N7OSi. The van der Waals surface area contributed by atoms with E-state index in [1.165, 1.54) is 18.5 Å². The lowest BCUT2D eigenvalue weighted by atomic mass is 9.83. The second kappa shape index (κ2) is 8.96. The first-order valence-electron chi connectivity index (χ1n) is 13.0. The average Bonchev–Trinajstić information content (AvgIpc) is 3.55. The van der Waals surface area contributed by atoms with Crippen LogP contribution in [0.1, 0.15) is 63.3 Å². The highest BCUT2D eigenvalue weighted by Crippen LogP contribution is 2.44. The lowest BCUT2D eigenvalue weighted by molar-refractivity contribution is 0.220. The Balaban J connectivity index is 1.44. The quantitative estimate of drug-likeness (QED) is 0.368. The van der Waals surface area contributed by atoms with Crippen LogP contribution >= 0.6 is 0 Å². The summed E-state index contributed by atoms with van der Waals surface area (Å²) in [6.07, 6.45) is 4.19. The van der Waals surface area contributed by atoms with E-state index in [1.807, 2.05) is 23.9 Å². The molecule has 9 heteroatoms. The molecule has 2 aliphatic rings. The number of aromatic nitrogens is 4. The molecule has 0 saturated heterocycles. The van der Waals surface area contributed by atoms with Crippen LogP contribution < -0.4 is 10.6 Å². The first-order valence-corrected chi connectivity index (χ1v) is 15.9. The number of benzene rings is 1. The fourth-order valence-electron chi connectivity index (χ4n) is 4.61. The topological polar surface area (TPSA) is 101 Å². The van der Waals surface area contributed by atoms with Gasteiger partial charge in [-0.1, -0.05) is 27.7 Å². The number of rotatable bonds is 7. The lowest BCUT2D eigenvalue weighted by Crippen LogP contribution is -2.45. The van der Waals surface area contributed by atoms with E-state index in [1.54, 1.807) is 6.20 Å². The zero-order valence-corrected chi connectivity index (χ0v) is 23.9. The smallest absolute Gasteiger partial charge is 0.228 e. The molecular weight excluding hydrogens is 478 g/mol. The Morgan fingerprint density at radius 3 is 2.70 bits per heavy atom. The number of hydrogen-bond donors (Lipinski definition) is 2. The highest BCUT2D eigenvalue weighted by atomic mass is 28.4. The van der Waals surface area contributed by atoms with Crippen molar-refractivity contribution in [2.75, 3.05) is 23.8 Å². The Hall–Kier alpha value is -3.22. The maximum absolute atomic E-state index is 9.97. The largest absolute Gasteiger partial charge is 0.416 e. The van der Waals surface area contributed by atoms with Gasteiger partial charge in [0.05, 0.1) is 16.9 Å². The van der Waals surface area contributed by atoms with E-state index in [9.17, 15) is 5.26 Å². The predicted molar refractivity (Wildman–Crippen MR) is 150 cm³/mol. The van der Waals surface area contributed by atoms with Gasteiger partial charge >= 0.3 is 0 Å². The van der Waals surface area contributed by atoms with Crippen LogP contribution in [0.4, 0.5) is 17.5 Å². The first kappa shape index (κ1) is 25.4. The van der Waals surface area contributed by atoms with Crippen LogP contribution in [0, 0.1) is 11.3 Å². The van der Waals surface area contributed by atoms with E-state index in [0.29, 0.717) is 24.0 Å². The van der Waals surface area contributed by atoms with Crippen molar-refractivity contribution in [1.82, 2.24) is 19.7 Å². The van der Waals surface area contributed by atoms with E-state index in [2.05, 4.69) is 79.7 Å². The van der Waals surface area contributed by atoms with E-state index in [4.69, 9.17) is 9.41 Å². The van der Waals surface area contributed by atoms with Gasteiger partial charge in [-0.15, -0.1) is 0 Å². The molecule has 1 atom stereocenters. The molecule has 0 radical (unpaired) electrons. The molecule has 194 valence electrons. The predicted octanol–water partition coefficient (Wildman–Crippen LogP) is 6.07. The summed E-state index contributed by atoms with van der Waals surface area (Å²) in [5.41, 5.74) is 5.28. The second-order valence-electron chi connectivity index (χ2n) is 12.3. The molecule has 37 heavy (non-hydrogen) atoms. The summed E-state index contributed by atoms with van der Waals surface area (Å²) >= 11 is 0. The van der Waals surface area contributed by atoms with Crippen molar-refractivity contribution in [2.24, 2.45) is 7.05 Å². The van der Waals surface area contributed by atoms with Gasteiger partial charge in [-0.3, -0.25) is 4.68 Å². The zero-order valence-electron chi connectivity index (χ0n) is 22.9. The van der Waals surface area contributed by atoms with Gasteiger partial charge in [-0.2, -0.15) is 10.4 Å². The fraction of sp³-hybridized carbons (Fsp3) is 0.500. The Kier molecular flexibility index (Phi) is 6.16. The number of hydrogen-bond acceptors (Lipinski definition) is 7. The van der Waals surface area contributed by atoms with Crippen LogP contribution in [0.3, 0.4) is 0 Å². The minimum Gasteiger partial charge on any atom is -0.416 e. The molecule has 2 aromatic heterocycles. The third-order valence-corrected chi connectivity index (χ3v) is 12.7. The third-order valence-electron chi connectivity index (χ3n) is 8.22. The van der Waals surface area contributed by atoms with Gasteiger partial charge in [0, 0.05) is 55.1 Å². The van der Waals surface area contributed by atoms with E-state index >= 15 is 0 Å². The van der Waals surface area contributed by atoms with Crippen LogP contribution in [0.25, 0.3) is 11.3 Å². The number of nitrogens with zero attached hydrogens (tertiary/aromatic N) is 5. The van der Waals surface area contributed by atoms with Crippen LogP contribution in [-0.4, -0.2) is 41.2 Å². The maximum atomic E-state index is 9.97. The van der Waals surface area contributed by atoms with Gasteiger partial charge in [-0.25, -0.2) is 9.97 Å². The van der Waals surface area contributed by atoms with Crippen molar-refractivity contribution in [3.05, 3.63) is 47.3 Å². The lowest BCUT2D eigenvalue weighted by Gasteiger charge is -2.39. The molecule has 1 fully saturated rings. The second-order valence-corrected chi connectivity index (χ2v) is 17.1. The SMILES string of the molecule is Cn1nc(Nc2nccc(-c3cc(C#N)c4c(c3)C(C)(CO[Si](C)(C)C(C)(C)C)CN4)n2)cc1C1CC1. The molecule has 1 aliphatic carbocycles. The molecule has 1 aromatic carbocycles. The van der Waals surface area contributed by atoms with Gasteiger partial charge in [-0.05, 0) is 54.7 Å². The minimum absolute atomic E-state index is 0.134. The number of aryl methyl sites for hydroxylation is 1. The van der Waals surface area contributed by atoms with Crippen molar-refractivity contribution in [2.45, 2.75) is 70.0 Å². The summed E-state index contributed by atoms with van der Waals surface area (Å²) in [6, 6.07) is 10.4. The van der Waals surface area contributed by atoms with Crippen molar-refractivity contribution in [1.29, 1.82) is 5.26 Å². The number of fused-ring (bicyclic) bond motifs is 1. The summed E-state index contributed by atoms with van der Waals surface area (Å²) in [6.45, 7) is 14.9. The number of anilines is 3. The summed E-state index contributed by atoms with van der Waals surface area (Å²) in [5.74, 6) is 1.84. The number of nitrogens with one attached hydrogen (secondary N) is 2. The Bertz CT molecular complexity index is 1380. The fourth-order valence-corrected chi connectivity index (χ4v) is 5.72. The van der Waals surface area contributed by atoms with Gasteiger partial charge in [0.15, 0.2) is 14.1 Å². The monoisotopic (exact) mass is 515 g/mol. The van der Waals surface area contributed by atoms with E-state index in [0.717, 1.165) is 34.9 Å². The zero-order chi connectivity index (χ0) is 26.6. The molecule has 0 spiro atoms. The highest BCUT2D eigenvalue weighted by Gasteiger charge is 2.42. The summed E-state index contributed by atoms with van der Waals surface area (Å²) in [7, 11) is 0.0563. The normalized spacial score (nSPS) is 19.3. The first-order chi connectivity index (χ1) is 17.4. The molecule has 8 nitrogen and oxygen atoms in total. The Morgan fingerprint density at radius 1 is 1.27 bits per heavy atom. The summed E-state index contributed by atoms with van der Waals surface area (Å²) in [5, 5.41) is 21.4. The molecule has 1 aliphatic heterocycles.